The van der Waals surface area contributed by atoms with E-state index < -0.39 is 35.2 Å². The summed E-state index contributed by atoms with van der Waals surface area (Å²) in [5.74, 6) is -2.57. The maximum Gasteiger partial charge on any atom is 0.417 e. The molecule has 0 fully saturated rings. The molecule has 0 unspecified atom stereocenters. The molecule has 0 aliphatic heterocycles. The molecule has 8 nitrogen and oxygen atoms in total. The van der Waals surface area contributed by atoms with Crippen molar-refractivity contribution in [1.82, 2.24) is 15.3 Å². The molecule has 11 heteroatoms. The number of amides is 3. The lowest BCUT2D eigenvalue weighted by atomic mass is 10.1. The third-order valence-electron chi connectivity index (χ3n) is 3.77. The summed E-state index contributed by atoms with van der Waals surface area (Å²) < 4.78 is 39.1. The number of carboxylic acid groups (broad SMARTS) is 1. The molecule has 3 amide bonds. The topological polar surface area (TPSA) is 121 Å². The molecule has 29 heavy (non-hydrogen) atoms. The highest BCUT2D eigenvalue weighted by molar-refractivity contribution is 6.09. The second kappa shape index (κ2) is 7.54. The van der Waals surface area contributed by atoms with Gasteiger partial charge in [-0.05, 0) is 36.4 Å². The lowest BCUT2D eigenvalue weighted by Gasteiger charge is -2.13. The molecule has 0 aliphatic carbocycles. The Morgan fingerprint density at radius 1 is 0.931 bits per heavy atom. The van der Waals surface area contributed by atoms with Crippen LogP contribution in [0.1, 0.15) is 26.3 Å². The number of carboxylic acids is 1. The fraction of sp³-hybridized carbons (Fsp3) is 0.0556. The predicted octanol–water partition coefficient (Wildman–Crippen LogP) is 3.31. The number of alkyl halides is 3. The number of anilines is 1. The van der Waals surface area contributed by atoms with Crippen molar-refractivity contribution < 1.29 is 32.7 Å². The number of aromatic carboxylic acids is 1. The van der Waals surface area contributed by atoms with Crippen molar-refractivity contribution in [1.29, 1.82) is 0 Å². The Morgan fingerprint density at radius 3 is 2.28 bits per heavy atom. The SMILES string of the molecule is O=C(NC(=O)c1ccc2nccnc2c1)Nc1ccc(C(=O)O)c(C(F)(F)F)c1. The fourth-order valence-corrected chi connectivity index (χ4v) is 2.49. The number of aromatic nitrogens is 2. The van der Waals surface area contributed by atoms with E-state index in [2.05, 4.69) is 15.3 Å². The molecule has 0 aliphatic rings. The molecule has 0 saturated carbocycles. The van der Waals surface area contributed by atoms with Gasteiger partial charge in [0.05, 0.1) is 22.2 Å². The van der Waals surface area contributed by atoms with Crippen LogP contribution in [-0.4, -0.2) is 33.0 Å². The summed E-state index contributed by atoms with van der Waals surface area (Å²) in [7, 11) is 0. The molecule has 3 aromatic rings. The number of halogens is 3. The predicted molar refractivity (Wildman–Crippen MR) is 94.4 cm³/mol. The first kappa shape index (κ1) is 19.7. The molecule has 0 bridgehead atoms. The highest BCUT2D eigenvalue weighted by Gasteiger charge is 2.35. The first-order valence-electron chi connectivity index (χ1n) is 7.93. The Kier molecular flexibility index (Phi) is 5.13. The second-order valence-corrected chi connectivity index (χ2v) is 5.73. The van der Waals surface area contributed by atoms with Crippen LogP contribution in [-0.2, 0) is 6.18 Å². The van der Waals surface area contributed by atoms with Gasteiger partial charge in [-0.15, -0.1) is 0 Å². The van der Waals surface area contributed by atoms with E-state index in [-0.39, 0.29) is 11.3 Å². The van der Waals surface area contributed by atoms with Crippen molar-refractivity contribution in [2.45, 2.75) is 6.18 Å². The van der Waals surface area contributed by atoms with Crippen LogP contribution in [0.15, 0.2) is 48.8 Å². The van der Waals surface area contributed by atoms with Crippen LogP contribution >= 0.6 is 0 Å². The molecule has 3 N–H and O–H groups in total. The van der Waals surface area contributed by atoms with Gasteiger partial charge in [0.1, 0.15) is 0 Å². The third-order valence-corrected chi connectivity index (χ3v) is 3.77. The summed E-state index contributed by atoms with van der Waals surface area (Å²) in [4.78, 5) is 43.2. The number of benzene rings is 2. The van der Waals surface area contributed by atoms with Gasteiger partial charge >= 0.3 is 18.2 Å². The number of imide groups is 1. The van der Waals surface area contributed by atoms with E-state index in [1.54, 1.807) is 0 Å². The fourth-order valence-electron chi connectivity index (χ4n) is 2.49. The number of carbonyl (C=O) groups is 3. The average molecular weight is 404 g/mol. The molecule has 0 radical (unpaired) electrons. The molecule has 3 rings (SSSR count). The van der Waals surface area contributed by atoms with Crippen molar-refractivity contribution in [3.63, 3.8) is 0 Å². The van der Waals surface area contributed by atoms with E-state index in [4.69, 9.17) is 5.11 Å². The molecule has 0 spiro atoms. The maximum absolute atomic E-state index is 13.0. The van der Waals surface area contributed by atoms with E-state index in [0.29, 0.717) is 23.2 Å². The minimum Gasteiger partial charge on any atom is -0.478 e. The summed E-state index contributed by atoms with van der Waals surface area (Å²) in [5.41, 5.74) is -1.69. The van der Waals surface area contributed by atoms with Crippen molar-refractivity contribution in [2.24, 2.45) is 0 Å². The average Bonchev–Trinajstić information content (AvgIpc) is 2.66. The highest BCUT2D eigenvalue weighted by Crippen LogP contribution is 2.33. The maximum atomic E-state index is 13.0. The van der Waals surface area contributed by atoms with Crippen molar-refractivity contribution in [3.05, 3.63) is 65.5 Å². The normalized spacial score (nSPS) is 11.1. The Hall–Kier alpha value is -4.02. The van der Waals surface area contributed by atoms with Crippen molar-refractivity contribution in [2.75, 3.05) is 5.32 Å². The number of fused-ring (bicyclic) bond motifs is 1. The van der Waals surface area contributed by atoms with Gasteiger partial charge in [0, 0.05) is 23.6 Å². The molecule has 148 valence electrons. The minimum absolute atomic E-state index is 0.0883. The molecular weight excluding hydrogens is 393 g/mol. The summed E-state index contributed by atoms with van der Waals surface area (Å²) in [6, 6.07) is 5.40. The standard InChI is InChI=1S/C18H11F3N4O4/c19-18(20,21)12-8-10(2-3-11(12)16(27)28)24-17(29)25-15(26)9-1-4-13-14(7-9)23-6-5-22-13/h1-8H,(H,27,28)(H2,24,25,26,29). The van der Waals surface area contributed by atoms with Crippen LogP contribution in [0.3, 0.4) is 0 Å². The zero-order valence-corrected chi connectivity index (χ0v) is 14.3. The largest absolute Gasteiger partial charge is 0.478 e. The monoisotopic (exact) mass is 404 g/mol. The van der Waals surface area contributed by atoms with E-state index in [9.17, 15) is 27.6 Å². The lowest BCUT2D eigenvalue weighted by molar-refractivity contribution is -0.138. The van der Waals surface area contributed by atoms with Gasteiger partial charge in [-0.25, -0.2) is 9.59 Å². The summed E-state index contributed by atoms with van der Waals surface area (Å²) in [5, 5.41) is 12.9. The highest BCUT2D eigenvalue weighted by atomic mass is 19.4. The van der Waals surface area contributed by atoms with Gasteiger partial charge in [0.25, 0.3) is 5.91 Å². The first-order valence-corrected chi connectivity index (χ1v) is 7.93. The molecule has 0 atom stereocenters. The molecule has 1 aromatic heterocycles. The Bertz CT molecular complexity index is 1130. The van der Waals surface area contributed by atoms with E-state index in [0.717, 1.165) is 6.07 Å². The van der Waals surface area contributed by atoms with Crippen LogP contribution < -0.4 is 10.6 Å². The van der Waals surface area contributed by atoms with Gasteiger partial charge in [-0.3, -0.25) is 20.1 Å². The summed E-state index contributed by atoms with van der Waals surface area (Å²) in [6.45, 7) is 0. The number of rotatable bonds is 3. The smallest absolute Gasteiger partial charge is 0.417 e. The van der Waals surface area contributed by atoms with Crippen LogP contribution in [0.5, 0.6) is 0 Å². The second-order valence-electron chi connectivity index (χ2n) is 5.73. The number of hydrogen-bond donors (Lipinski definition) is 3. The Morgan fingerprint density at radius 2 is 1.62 bits per heavy atom. The van der Waals surface area contributed by atoms with Gasteiger partial charge in [-0.2, -0.15) is 13.2 Å². The molecule has 2 aromatic carbocycles. The van der Waals surface area contributed by atoms with Crippen molar-refractivity contribution >= 4 is 34.6 Å². The number of nitrogens with zero attached hydrogens (tertiary/aromatic N) is 2. The summed E-state index contributed by atoms with van der Waals surface area (Å²) in [6.07, 6.45) is -2.04. The number of nitrogens with one attached hydrogen (secondary N) is 2. The van der Waals surface area contributed by atoms with Gasteiger partial charge in [0.2, 0.25) is 0 Å². The lowest BCUT2D eigenvalue weighted by Crippen LogP contribution is -2.34. The van der Waals surface area contributed by atoms with Gasteiger partial charge in [0.15, 0.2) is 0 Å². The Labute approximate surface area is 160 Å². The summed E-state index contributed by atoms with van der Waals surface area (Å²) >= 11 is 0. The number of carbonyl (C=O) groups excluding carboxylic acids is 2. The van der Waals surface area contributed by atoms with Crippen LogP contribution in [0.4, 0.5) is 23.7 Å². The number of urea groups is 1. The molecular formula is C18H11F3N4O4. The van der Waals surface area contributed by atoms with Crippen molar-refractivity contribution in [3.8, 4) is 0 Å². The van der Waals surface area contributed by atoms with E-state index in [1.165, 1.54) is 30.6 Å². The van der Waals surface area contributed by atoms with E-state index in [1.807, 2.05) is 5.32 Å². The quantitative estimate of drug-likeness (QED) is 0.616. The number of hydrogen-bond acceptors (Lipinski definition) is 5. The zero-order chi connectivity index (χ0) is 21.2. The van der Waals surface area contributed by atoms with Crippen LogP contribution in [0, 0.1) is 0 Å². The minimum atomic E-state index is -4.94. The Balaban J connectivity index is 1.76. The van der Waals surface area contributed by atoms with Crippen LogP contribution in [0.2, 0.25) is 0 Å². The zero-order valence-electron chi connectivity index (χ0n) is 14.3. The molecule has 1 heterocycles. The molecule has 0 saturated heterocycles. The van der Waals surface area contributed by atoms with Gasteiger partial charge < -0.3 is 10.4 Å². The van der Waals surface area contributed by atoms with Crippen LogP contribution in [0.25, 0.3) is 11.0 Å². The van der Waals surface area contributed by atoms with E-state index >= 15 is 0 Å². The third kappa shape index (κ3) is 4.46. The first-order chi connectivity index (χ1) is 13.6. The van der Waals surface area contributed by atoms with Gasteiger partial charge in [-0.1, -0.05) is 0 Å².